The molecule has 0 aliphatic carbocycles. The molecule has 0 aromatic heterocycles. The molecule has 1 aromatic carbocycles. The normalized spacial score (nSPS) is 10.7. The van der Waals surface area contributed by atoms with Crippen LogP contribution in [0.1, 0.15) is 56.3 Å². The summed E-state index contributed by atoms with van der Waals surface area (Å²) in [7, 11) is 3.06. The summed E-state index contributed by atoms with van der Waals surface area (Å²) in [6, 6.07) is 5.28. The van der Waals surface area contributed by atoms with Gasteiger partial charge in [-0.3, -0.25) is 9.59 Å². The fourth-order valence-electron chi connectivity index (χ4n) is 2.09. The number of carboxylic acids is 2. The Labute approximate surface area is 210 Å². The fraction of sp³-hybridized carbons (Fsp3) is 0.591. The second kappa shape index (κ2) is 19.0. The van der Waals surface area contributed by atoms with Gasteiger partial charge < -0.3 is 25.0 Å². The molecule has 0 radical (unpaired) electrons. The highest BCUT2D eigenvalue weighted by Crippen LogP contribution is 2.29. The lowest BCUT2D eigenvalue weighted by atomic mass is 10.2. The van der Waals surface area contributed by atoms with Crippen molar-refractivity contribution in [1.82, 2.24) is 5.32 Å². The Bertz CT molecular complexity index is 780. The molecular weight excluding hydrogens is 511 g/mol. The summed E-state index contributed by atoms with van der Waals surface area (Å²) in [6.45, 7) is 5.95. The summed E-state index contributed by atoms with van der Waals surface area (Å²) in [4.78, 5) is 31.7. The Kier molecular flexibility index (Phi) is 17.7. The highest BCUT2D eigenvalue weighted by atomic mass is 33.1. The first kappa shape index (κ1) is 32.7. The van der Waals surface area contributed by atoms with Crippen LogP contribution in [0.2, 0.25) is 0 Å². The topological polar surface area (TPSA) is 122 Å². The molecule has 0 unspecified atom stereocenters. The minimum atomic E-state index is -5.08. The SMILES string of the molecule is CCCCOc1ccc(C(=O)NCCSSCCC(=O)O)cc1OCCCC.O=C(O)C(F)(F)F. The molecule has 200 valence electrons. The van der Waals surface area contributed by atoms with E-state index in [1.807, 2.05) is 0 Å². The van der Waals surface area contributed by atoms with Crippen molar-refractivity contribution in [3.05, 3.63) is 23.8 Å². The Morgan fingerprint density at radius 1 is 0.943 bits per heavy atom. The number of aliphatic carboxylic acids is 2. The van der Waals surface area contributed by atoms with Crippen molar-refractivity contribution in [2.24, 2.45) is 0 Å². The third kappa shape index (κ3) is 16.9. The van der Waals surface area contributed by atoms with Crippen molar-refractivity contribution < 1.29 is 47.2 Å². The van der Waals surface area contributed by atoms with E-state index in [0.717, 1.165) is 25.7 Å². The van der Waals surface area contributed by atoms with Crippen LogP contribution in [0.4, 0.5) is 13.2 Å². The number of rotatable bonds is 16. The molecule has 0 bridgehead atoms. The number of benzene rings is 1. The van der Waals surface area contributed by atoms with Crippen molar-refractivity contribution in [3.8, 4) is 11.5 Å². The van der Waals surface area contributed by atoms with Gasteiger partial charge in [0.15, 0.2) is 11.5 Å². The Balaban J connectivity index is 0.00000143. The third-order valence-corrected chi connectivity index (χ3v) is 6.32. The van der Waals surface area contributed by atoms with Crippen molar-refractivity contribution in [2.45, 2.75) is 52.1 Å². The van der Waals surface area contributed by atoms with Crippen molar-refractivity contribution in [1.29, 1.82) is 0 Å². The van der Waals surface area contributed by atoms with Gasteiger partial charge in [-0.15, -0.1) is 0 Å². The number of hydrogen-bond acceptors (Lipinski definition) is 7. The molecule has 8 nitrogen and oxygen atoms in total. The molecule has 0 spiro atoms. The maximum absolute atomic E-state index is 12.4. The van der Waals surface area contributed by atoms with E-state index < -0.39 is 18.1 Å². The van der Waals surface area contributed by atoms with Crippen LogP contribution in [0.25, 0.3) is 0 Å². The number of nitrogens with one attached hydrogen (secondary N) is 1. The third-order valence-electron chi connectivity index (χ3n) is 3.91. The summed E-state index contributed by atoms with van der Waals surface area (Å²) in [6.07, 6.45) is -0.925. The molecule has 0 fully saturated rings. The largest absolute Gasteiger partial charge is 0.490 e. The fourth-order valence-corrected chi connectivity index (χ4v) is 3.98. The van der Waals surface area contributed by atoms with Gasteiger partial charge in [0.2, 0.25) is 0 Å². The van der Waals surface area contributed by atoms with Crippen LogP contribution < -0.4 is 14.8 Å². The molecule has 3 N–H and O–H groups in total. The number of carbonyl (C=O) groups excluding carboxylic acids is 1. The minimum absolute atomic E-state index is 0.150. The molecule has 0 heterocycles. The van der Waals surface area contributed by atoms with E-state index >= 15 is 0 Å². The first-order valence-electron chi connectivity index (χ1n) is 11.0. The average molecular weight is 544 g/mol. The lowest BCUT2D eigenvalue weighted by Gasteiger charge is -2.14. The molecule has 0 saturated carbocycles. The monoisotopic (exact) mass is 543 g/mol. The van der Waals surface area contributed by atoms with Gasteiger partial charge in [-0.2, -0.15) is 13.2 Å². The highest BCUT2D eigenvalue weighted by molar-refractivity contribution is 8.76. The van der Waals surface area contributed by atoms with Crippen molar-refractivity contribution in [3.63, 3.8) is 0 Å². The van der Waals surface area contributed by atoms with Crippen molar-refractivity contribution in [2.75, 3.05) is 31.3 Å². The van der Waals surface area contributed by atoms with Gasteiger partial charge in [0.25, 0.3) is 5.91 Å². The minimum Gasteiger partial charge on any atom is -0.490 e. The van der Waals surface area contributed by atoms with E-state index in [2.05, 4.69) is 19.2 Å². The average Bonchev–Trinajstić information content (AvgIpc) is 2.79. The molecule has 0 atom stereocenters. The number of halogens is 3. The van der Waals surface area contributed by atoms with Gasteiger partial charge in [0, 0.05) is 23.6 Å². The second-order valence-electron chi connectivity index (χ2n) is 6.91. The predicted octanol–water partition coefficient (Wildman–Crippen LogP) is 5.26. The molecule has 0 aliphatic heterocycles. The lowest BCUT2D eigenvalue weighted by Crippen LogP contribution is -2.25. The molecule has 1 aromatic rings. The van der Waals surface area contributed by atoms with E-state index in [0.29, 0.717) is 48.3 Å². The Morgan fingerprint density at radius 2 is 1.49 bits per heavy atom. The van der Waals surface area contributed by atoms with Crippen LogP contribution in [0.5, 0.6) is 11.5 Å². The van der Waals surface area contributed by atoms with Crippen LogP contribution >= 0.6 is 21.6 Å². The summed E-state index contributed by atoms with van der Waals surface area (Å²) in [5, 5.41) is 18.6. The van der Waals surface area contributed by atoms with E-state index in [4.69, 9.17) is 24.5 Å². The number of hydrogen-bond donors (Lipinski definition) is 3. The summed E-state index contributed by atoms with van der Waals surface area (Å²) in [5.41, 5.74) is 0.540. The first-order chi connectivity index (χ1) is 16.5. The van der Waals surface area contributed by atoms with Crippen LogP contribution in [0, 0.1) is 0 Å². The maximum Gasteiger partial charge on any atom is 0.490 e. The van der Waals surface area contributed by atoms with E-state index in [-0.39, 0.29) is 12.3 Å². The zero-order chi connectivity index (χ0) is 26.7. The molecule has 0 aliphatic rings. The number of carbonyl (C=O) groups is 3. The Hall–Kier alpha value is -2.28. The second-order valence-corrected chi connectivity index (χ2v) is 9.61. The summed E-state index contributed by atoms with van der Waals surface area (Å²) >= 11 is 0. The maximum atomic E-state index is 12.4. The van der Waals surface area contributed by atoms with E-state index in [1.165, 1.54) is 10.8 Å². The molecule has 35 heavy (non-hydrogen) atoms. The van der Waals surface area contributed by atoms with Gasteiger partial charge in [0.05, 0.1) is 19.6 Å². The lowest BCUT2D eigenvalue weighted by molar-refractivity contribution is -0.192. The van der Waals surface area contributed by atoms with Crippen LogP contribution in [0.15, 0.2) is 18.2 Å². The number of alkyl halides is 3. The zero-order valence-electron chi connectivity index (χ0n) is 19.7. The summed E-state index contributed by atoms with van der Waals surface area (Å²) in [5.74, 6) is -1.15. The van der Waals surface area contributed by atoms with Gasteiger partial charge in [-0.1, -0.05) is 48.3 Å². The van der Waals surface area contributed by atoms with Gasteiger partial charge in [-0.25, -0.2) is 4.79 Å². The molecule has 1 amide bonds. The molecular formula is C22H32F3NO7S2. The molecule has 0 saturated heterocycles. The quantitative estimate of drug-likeness (QED) is 0.189. The smallest absolute Gasteiger partial charge is 0.490 e. The van der Waals surface area contributed by atoms with Gasteiger partial charge in [0.1, 0.15) is 0 Å². The van der Waals surface area contributed by atoms with E-state index in [9.17, 15) is 22.8 Å². The first-order valence-corrected chi connectivity index (χ1v) is 13.5. The van der Waals surface area contributed by atoms with Crippen LogP contribution in [0.3, 0.4) is 0 Å². The number of unbranched alkanes of at least 4 members (excludes halogenated alkanes) is 2. The number of ether oxygens (including phenoxy) is 2. The van der Waals surface area contributed by atoms with E-state index in [1.54, 1.807) is 29.0 Å². The zero-order valence-corrected chi connectivity index (χ0v) is 21.3. The van der Waals surface area contributed by atoms with Crippen LogP contribution in [-0.2, 0) is 9.59 Å². The standard InChI is InChI=1S/C20H31NO5S2.C2HF3O2/c1-3-5-11-25-17-8-7-16(15-18(17)26-12-6-4-2)20(24)21-10-14-28-27-13-9-19(22)23;3-2(4,5)1(6)7/h7-8,15H,3-6,9-14H2,1-2H3,(H,21,24)(H,22,23);(H,6,7). The Morgan fingerprint density at radius 3 is 2.00 bits per heavy atom. The summed E-state index contributed by atoms with van der Waals surface area (Å²) < 4.78 is 43.4. The number of carboxylic acid groups (broad SMARTS) is 2. The van der Waals surface area contributed by atoms with Gasteiger partial charge in [-0.05, 0) is 31.0 Å². The van der Waals surface area contributed by atoms with Gasteiger partial charge >= 0.3 is 18.1 Å². The predicted molar refractivity (Wildman–Crippen MR) is 130 cm³/mol. The number of amides is 1. The highest BCUT2D eigenvalue weighted by Gasteiger charge is 2.38. The molecule has 1 rings (SSSR count). The van der Waals surface area contributed by atoms with Crippen LogP contribution in [-0.4, -0.2) is 65.5 Å². The van der Waals surface area contributed by atoms with Crippen molar-refractivity contribution >= 4 is 39.4 Å². The molecule has 13 heteroatoms.